The number of hydrogen-bond acceptors (Lipinski definition) is 5. The van der Waals surface area contributed by atoms with Gasteiger partial charge in [-0.2, -0.15) is 0 Å². The number of furan rings is 1. The summed E-state index contributed by atoms with van der Waals surface area (Å²) in [6, 6.07) is 7.30. The molecule has 0 radical (unpaired) electrons. The zero-order valence-electron chi connectivity index (χ0n) is 13.0. The van der Waals surface area contributed by atoms with E-state index in [1.807, 2.05) is 18.2 Å². The van der Waals surface area contributed by atoms with Gasteiger partial charge in [0, 0.05) is 25.0 Å². The van der Waals surface area contributed by atoms with Crippen molar-refractivity contribution in [1.82, 2.24) is 10.6 Å². The van der Waals surface area contributed by atoms with Crippen LogP contribution in [0.1, 0.15) is 33.7 Å². The number of nitrogens with one attached hydrogen (secondary N) is 2. The predicted molar refractivity (Wildman–Crippen MR) is 87.2 cm³/mol. The first-order valence-corrected chi connectivity index (χ1v) is 8.18. The van der Waals surface area contributed by atoms with Crippen LogP contribution in [0.4, 0.5) is 0 Å². The summed E-state index contributed by atoms with van der Waals surface area (Å²) in [5, 5.41) is 5.56. The molecule has 0 aliphatic heterocycles. The maximum atomic E-state index is 12.0. The van der Waals surface area contributed by atoms with E-state index in [4.69, 9.17) is 9.15 Å². The molecule has 2 rings (SSSR count). The molecule has 0 saturated carbocycles. The minimum atomic E-state index is -0.102. The molecular formula is C16H20N2O4S. The molecule has 2 aromatic heterocycles. The highest BCUT2D eigenvalue weighted by molar-refractivity contribution is 7.14. The van der Waals surface area contributed by atoms with Crippen molar-refractivity contribution in [1.29, 1.82) is 0 Å². The van der Waals surface area contributed by atoms with Gasteiger partial charge in [-0.05, 0) is 30.7 Å². The topological polar surface area (TPSA) is 80.6 Å². The average Bonchev–Trinajstić information content (AvgIpc) is 3.19. The highest BCUT2D eigenvalue weighted by Gasteiger charge is 2.08. The lowest BCUT2D eigenvalue weighted by Crippen LogP contribution is -2.24. The fourth-order valence-corrected chi connectivity index (χ4v) is 2.70. The first kappa shape index (κ1) is 17.2. The molecule has 2 amide bonds. The SMILES string of the molecule is CC(=O)NCc1ccc(C(=O)NCCCOCc2ccco2)s1. The molecule has 0 bridgehead atoms. The van der Waals surface area contributed by atoms with E-state index in [0.717, 1.165) is 17.1 Å². The quantitative estimate of drug-likeness (QED) is 0.689. The Morgan fingerprint density at radius 1 is 1.26 bits per heavy atom. The Hall–Kier alpha value is -2.12. The Morgan fingerprint density at radius 2 is 2.13 bits per heavy atom. The molecule has 0 aliphatic rings. The Kier molecular flexibility index (Phi) is 6.83. The maximum absolute atomic E-state index is 12.0. The number of carbonyl (C=O) groups is 2. The van der Waals surface area contributed by atoms with E-state index in [0.29, 0.717) is 31.2 Å². The normalized spacial score (nSPS) is 10.5. The van der Waals surface area contributed by atoms with Crippen LogP contribution in [0, 0.1) is 0 Å². The summed E-state index contributed by atoms with van der Waals surface area (Å²) in [5.41, 5.74) is 0. The van der Waals surface area contributed by atoms with Crippen LogP contribution in [0.25, 0.3) is 0 Å². The predicted octanol–water partition coefficient (Wildman–Crippen LogP) is 2.31. The summed E-state index contributed by atoms with van der Waals surface area (Å²) < 4.78 is 10.6. The molecule has 7 heteroatoms. The van der Waals surface area contributed by atoms with Gasteiger partial charge in [0.2, 0.25) is 5.91 Å². The van der Waals surface area contributed by atoms with E-state index >= 15 is 0 Å². The van der Waals surface area contributed by atoms with Crippen molar-refractivity contribution in [2.45, 2.75) is 26.5 Å². The van der Waals surface area contributed by atoms with Gasteiger partial charge in [-0.25, -0.2) is 0 Å². The van der Waals surface area contributed by atoms with E-state index in [-0.39, 0.29) is 11.8 Å². The van der Waals surface area contributed by atoms with Crippen molar-refractivity contribution >= 4 is 23.2 Å². The first-order chi connectivity index (χ1) is 11.1. The number of rotatable bonds is 9. The number of amides is 2. The lowest BCUT2D eigenvalue weighted by molar-refractivity contribution is -0.119. The molecular weight excluding hydrogens is 316 g/mol. The lowest BCUT2D eigenvalue weighted by Gasteiger charge is -2.04. The second-order valence-corrected chi connectivity index (χ2v) is 6.09. The van der Waals surface area contributed by atoms with Crippen LogP contribution in [0.2, 0.25) is 0 Å². The van der Waals surface area contributed by atoms with E-state index < -0.39 is 0 Å². The van der Waals surface area contributed by atoms with Crippen molar-refractivity contribution in [3.63, 3.8) is 0 Å². The number of hydrogen-bond donors (Lipinski definition) is 2. The highest BCUT2D eigenvalue weighted by Crippen LogP contribution is 2.16. The minimum absolute atomic E-state index is 0.0843. The summed E-state index contributed by atoms with van der Waals surface area (Å²) in [6.45, 7) is 3.47. The molecule has 124 valence electrons. The maximum Gasteiger partial charge on any atom is 0.261 e. The van der Waals surface area contributed by atoms with Crippen LogP contribution in [0.15, 0.2) is 34.9 Å². The Balaban J connectivity index is 1.60. The van der Waals surface area contributed by atoms with E-state index in [1.54, 1.807) is 12.3 Å². The van der Waals surface area contributed by atoms with Crippen LogP contribution in [0.3, 0.4) is 0 Å². The van der Waals surface area contributed by atoms with Crippen LogP contribution >= 0.6 is 11.3 Å². The third-order valence-electron chi connectivity index (χ3n) is 2.97. The van der Waals surface area contributed by atoms with Crippen molar-refractivity contribution in [3.8, 4) is 0 Å². The number of carbonyl (C=O) groups excluding carboxylic acids is 2. The second-order valence-electron chi connectivity index (χ2n) is 4.92. The smallest absolute Gasteiger partial charge is 0.261 e. The van der Waals surface area contributed by atoms with Gasteiger partial charge in [0.15, 0.2) is 0 Å². The van der Waals surface area contributed by atoms with E-state index in [1.165, 1.54) is 18.3 Å². The minimum Gasteiger partial charge on any atom is -0.467 e. The summed E-state index contributed by atoms with van der Waals surface area (Å²) in [4.78, 5) is 24.4. The van der Waals surface area contributed by atoms with E-state index in [2.05, 4.69) is 10.6 Å². The summed E-state index contributed by atoms with van der Waals surface area (Å²) in [7, 11) is 0. The molecule has 0 saturated heterocycles. The van der Waals surface area contributed by atoms with E-state index in [9.17, 15) is 9.59 Å². The van der Waals surface area contributed by atoms with Gasteiger partial charge in [0.25, 0.3) is 5.91 Å². The summed E-state index contributed by atoms with van der Waals surface area (Å²) >= 11 is 1.38. The molecule has 0 spiro atoms. The zero-order chi connectivity index (χ0) is 16.5. The zero-order valence-corrected chi connectivity index (χ0v) is 13.8. The molecule has 0 atom stereocenters. The Bertz CT molecular complexity index is 622. The van der Waals surface area contributed by atoms with Gasteiger partial charge >= 0.3 is 0 Å². The highest BCUT2D eigenvalue weighted by atomic mass is 32.1. The molecule has 0 aliphatic carbocycles. The summed E-state index contributed by atoms with van der Waals surface area (Å²) in [6.07, 6.45) is 2.34. The molecule has 23 heavy (non-hydrogen) atoms. The van der Waals surface area contributed by atoms with Gasteiger partial charge in [-0.15, -0.1) is 11.3 Å². The third-order valence-corrected chi connectivity index (χ3v) is 4.06. The monoisotopic (exact) mass is 336 g/mol. The lowest BCUT2D eigenvalue weighted by atomic mass is 10.4. The van der Waals surface area contributed by atoms with Crippen molar-refractivity contribution < 1.29 is 18.7 Å². The molecule has 2 aromatic rings. The third kappa shape index (κ3) is 6.25. The largest absolute Gasteiger partial charge is 0.467 e. The van der Waals surface area contributed by atoms with Crippen LogP contribution in [-0.2, 0) is 22.7 Å². The van der Waals surface area contributed by atoms with Gasteiger partial charge in [0.05, 0.1) is 17.7 Å². The summed E-state index contributed by atoms with van der Waals surface area (Å²) in [5.74, 6) is 0.605. The Morgan fingerprint density at radius 3 is 2.87 bits per heavy atom. The van der Waals surface area contributed by atoms with Crippen LogP contribution < -0.4 is 10.6 Å². The van der Waals surface area contributed by atoms with Gasteiger partial charge < -0.3 is 19.8 Å². The van der Waals surface area contributed by atoms with Gasteiger partial charge in [-0.1, -0.05) is 0 Å². The second kappa shape index (κ2) is 9.12. The molecule has 2 heterocycles. The van der Waals surface area contributed by atoms with Crippen molar-refractivity contribution in [2.24, 2.45) is 0 Å². The average molecular weight is 336 g/mol. The fraction of sp³-hybridized carbons (Fsp3) is 0.375. The molecule has 0 unspecified atom stereocenters. The standard InChI is InChI=1S/C16H20N2O4S/c1-12(19)18-10-14-5-6-15(23-14)16(20)17-7-3-8-21-11-13-4-2-9-22-13/h2,4-6,9H,3,7-8,10-11H2,1H3,(H,17,20)(H,18,19). The number of ether oxygens (including phenoxy) is 1. The van der Waals surface area contributed by atoms with Crippen LogP contribution in [-0.4, -0.2) is 25.0 Å². The van der Waals surface area contributed by atoms with Crippen molar-refractivity contribution in [2.75, 3.05) is 13.2 Å². The molecule has 6 nitrogen and oxygen atoms in total. The van der Waals surface area contributed by atoms with Gasteiger partial charge in [0.1, 0.15) is 12.4 Å². The van der Waals surface area contributed by atoms with Gasteiger partial charge in [-0.3, -0.25) is 9.59 Å². The molecule has 0 fully saturated rings. The molecule has 0 aromatic carbocycles. The Labute approximate surface area is 138 Å². The van der Waals surface area contributed by atoms with Crippen LogP contribution in [0.5, 0.6) is 0 Å². The van der Waals surface area contributed by atoms with Crippen molar-refractivity contribution in [3.05, 3.63) is 46.0 Å². The molecule has 2 N–H and O–H groups in total. The number of thiophene rings is 1. The first-order valence-electron chi connectivity index (χ1n) is 7.36. The fourth-order valence-electron chi connectivity index (χ4n) is 1.84.